The van der Waals surface area contributed by atoms with Gasteiger partial charge in [-0.25, -0.2) is 0 Å². The van der Waals surface area contributed by atoms with E-state index in [-0.39, 0.29) is 12.0 Å². The molecule has 1 aliphatic rings. The summed E-state index contributed by atoms with van der Waals surface area (Å²) in [7, 11) is 0. The van der Waals surface area contributed by atoms with E-state index in [4.69, 9.17) is 0 Å². The Kier molecular flexibility index (Phi) is 5.47. The van der Waals surface area contributed by atoms with Crippen LogP contribution in [0.4, 0.5) is 0 Å². The van der Waals surface area contributed by atoms with Crippen molar-refractivity contribution < 1.29 is 10.2 Å². The third kappa shape index (κ3) is 3.99. The van der Waals surface area contributed by atoms with E-state index in [1.807, 2.05) is 12.1 Å². The minimum Gasteiger partial charge on any atom is -0.508 e. The Labute approximate surface area is 122 Å². The summed E-state index contributed by atoms with van der Waals surface area (Å²) in [6, 6.07) is 7.45. The molecule has 1 aromatic carbocycles. The van der Waals surface area contributed by atoms with E-state index in [1.54, 1.807) is 12.1 Å². The van der Waals surface area contributed by atoms with Crippen molar-refractivity contribution in [2.24, 2.45) is 11.3 Å². The second-order valence-corrected chi connectivity index (χ2v) is 6.59. The summed E-state index contributed by atoms with van der Waals surface area (Å²) in [5, 5.41) is 19.2. The Morgan fingerprint density at radius 3 is 2.35 bits per heavy atom. The van der Waals surface area contributed by atoms with Crippen LogP contribution in [0.3, 0.4) is 0 Å². The van der Waals surface area contributed by atoms with Gasteiger partial charge in [0, 0.05) is 6.61 Å². The van der Waals surface area contributed by atoms with E-state index >= 15 is 0 Å². The highest BCUT2D eigenvalue weighted by atomic mass is 16.3. The number of rotatable bonds is 6. The van der Waals surface area contributed by atoms with Gasteiger partial charge >= 0.3 is 0 Å². The third-order valence-electron chi connectivity index (χ3n) is 4.98. The zero-order valence-corrected chi connectivity index (χ0v) is 12.6. The maximum Gasteiger partial charge on any atom is 0.115 e. The summed E-state index contributed by atoms with van der Waals surface area (Å²) in [6.07, 6.45) is 9.72. The molecular formula is C18H28O2. The number of unbranched alkanes of at least 4 members (excludes halogenated alkanes) is 1. The molecule has 0 saturated heterocycles. The molecule has 0 heterocycles. The quantitative estimate of drug-likeness (QED) is 0.813. The molecule has 0 spiro atoms. The summed E-state index contributed by atoms with van der Waals surface area (Å²) in [5.74, 6) is 1.18. The van der Waals surface area contributed by atoms with Gasteiger partial charge in [0.05, 0.1) is 0 Å². The van der Waals surface area contributed by atoms with Gasteiger partial charge in [-0.2, -0.15) is 0 Å². The average Bonchev–Trinajstić information content (AvgIpc) is 2.49. The molecule has 2 nitrogen and oxygen atoms in total. The summed E-state index contributed by atoms with van der Waals surface area (Å²) >= 11 is 0. The van der Waals surface area contributed by atoms with Crippen LogP contribution in [-0.2, 0) is 6.42 Å². The molecule has 0 atom stereocenters. The molecule has 2 rings (SSSR count). The van der Waals surface area contributed by atoms with Crippen molar-refractivity contribution in [2.75, 3.05) is 6.61 Å². The number of hydrogen-bond donors (Lipinski definition) is 2. The van der Waals surface area contributed by atoms with Crippen molar-refractivity contribution >= 4 is 0 Å². The summed E-state index contributed by atoms with van der Waals surface area (Å²) < 4.78 is 0. The highest BCUT2D eigenvalue weighted by Gasteiger charge is 2.34. The van der Waals surface area contributed by atoms with E-state index in [9.17, 15) is 10.2 Å². The van der Waals surface area contributed by atoms with E-state index < -0.39 is 0 Å². The normalized spacial score (nSPS) is 26.6. The number of phenolic OH excluding ortho intramolecular Hbond substituents is 1. The van der Waals surface area contributed by atoms with Crippen molar-refractivity contribution in [3.05, 3.63) is 29.8 Å². The molecule has 2 N–H and O–H groups in total. The molecule has 0 aliphatic heterocycles. The van der Waals surface area contributed by atoms with Gasteiger partial charge < -0.3 is 10.2 Å². The molecule has 112 valence electrons. The van der Waals surface area contributed by atoms with E-state index in [1.165, 1.54) is 37.7 Å². The monoisotopic (exact) mass is 276 g/mol. The topological polar surface area (TPSA) is 40.5 Å². The number of aliphatic hydroxyl groups excluding tert-OH is 1. The fourth-order valence-electron chi connectivity index (χ4n) is 3.51. The highest BCUT2D eigenvalue weighted by molar-refractivity contribution is 5.26. The SMILES string of the molecule is CCCCC1CCC(CO)(Cc2ccc(O)cc2)CC1. The molecule has 2 heteroatoms. The van der Waals surface area contributed by atoms with Crippen LogP contribution in [0, 0.1) is 11.3 Å². The van der Waals surface area contributed by atoms with E-state index in [2.05, 4.69) is 6.92 Å². The van der Waals surface area contributed by atoms with Crippen LogP contribution >= 0.6 is 0 Å². The summed E-state index contributed by atoms with van der Waals surface area (Å²) in [4.78, 5) is 0. The second kappa shape index (κ2) is 7.12. The second-order valence-electron chi connectivity index (χ2n) is 6.59. The predicted molar refractivity (Wildman–Crippen MR) is 82.8 cm³/mol. The molecule has 1 aliphatic carbocycles. The zero-order valence-electron chi connectivity index (χ0n) is 12.6. The van der Waals surface area contributed by atoms with Crippen LogP contribution in [0.2, 0.25) is 0 Å². The molecule has 1 aromatic rings. The zero-order chi connectivity index (χ0) is 14.4. The lowest BCUT2D eigenvalue weighted by Crippen LogP contribution is -2.33. The van der Waals surface area contributed by atoms with Crippen LogP contribution in [0.25, 0.3) is 0 Å². The standard InChI is InChI=1S/C18H28O2/c1-2-3-4-15-9-11-18(14-19,12-10-15)13-16-5-7-17(20)8-6-16/h5-8,15,19-20H,2-4,9-14H2,1H3. The van der Waals surface area contributed by atoms with Crippen molar-refractivity contribution in [3.8, 4) is 5.75 Å². The van der Waals surface area contributed by atoms with Gasteiger partial charge in [-0.1, -0.05) is 38.3 Å². The van der Waals surface area contributed by atoms with Crippen molar-refractivity contribution in [2.45, 2.75) is 58.3 Å². The number of aromatic hydroxyl groups is 1. The van der Waals surface area contributed by atoms with Crippen molar-refractivity contribution in [3.63, 3.8) is 0 Å². The lowest BCUT2D eigenvalue weighted by atomic mass is 9.67. The highest BCUT2D eigenvalue weighted by Crippen LogP contribution is 2.42. The Morgan fingerprint density at radius 1 is 1.15 bits per heavy atom. The maximum absolute atomic E-state index is 9.87. The van der Waals surface area contributed by atoms with Gasteiger partial charge in [0.2, 0.25) is 0 Å². The third-order valence-corrected chi connectivity index (χ3v) is 4.98. The molecular weight excluding hydrogens is 248 g/mol. The first-order valence-corrected chi connectivity index (χ1v) is 8.06. The van der Waals surface area contributed by atoms with Crippen LogP contribution in [0.1, 0.15) is 57.4 Å². The largest absolute Gasteiger partial charge is 0.508 e. The predicted octanol–water partition coefficient (Wildman–Crippen LogP) is 4.29. The number of benzene rings is 1. The van der Waals surface area contributed by atoms with Crippen LogP contribution < -0.4 is 0 Å². The van der Waals surface area contributed by atoms with Crippen molar-refractivity contribution in [1.82, 2.24) is 0 Å². The molecule has 1 saturated carbocycles. The van der Waals surface area contributed by atoms with E-state index in [0.717, 1.165) is 25.2 Å². The molecule has 20 heavy (non-hydrogen) atoms. The minimum absolute atomic E-state index is 0.0691. The first-order valence-electron chi connectivity index (χ1n) is 8.06. The number of aliphatic hydroxyl groups is 1. The van der Waals surface area contributed by atoms with Gasteiger partial charge in [0.25, 0.3) is 0 Å². The van der Waals surface area contributed by atoms with Gasteiger partial charge in [-0.3, -0.25) is 0 Å². The Balaban J connectivity index is 1.92. The average molecular weight is 276 g/mol. The smallest absolute Gasteiger partial charge is 0.115 e. The van der Waals surface area contributed by atoms with Gasteiger partial charge in [-0.15, -0.1) is 0 Å². The van der Waals surface area contributed by atoms with Gasteiger partial charge in [0.1, 0.15) is 5.75 Å². The molecule has 0 aromatic heterocycles. The molecule has 0 bridgehead atoms. The first-order chi connectivity index (χ1) is 9.67. The molecule has 0 radical (unpaired) electrons. The van der Waals surface area contributed by atoms with Crippen LogP contribution in [0.5, 0.6) is 5.75 Å². The molecule has 1 fully saturated rings. The van der Waals surface area contributed by atoms with Crippen molar-refractivity contribution in [1.29, 1.82) is 0 Å². The lowest BCUT2D eigenvalue weighted by Gasteiger charge is -2.39. The Hall–Kier alpha value is -1.02. The van der Waals surface area contributed by atoms with Gasteiger partial charge in [-0.05, 0) is 61.1 Å². The first kappa shape index (κ1) is 15.4. The fourth-order valence-corrected chi connectivity index (χ4v) is 3.51. The molecule has 0 unspecified atom stereocenters. The number of hydrogen-bond acceptors (Lipinski definition) is 2. The fraction of sp³-hybridized carbons (Fsp3) is 0.667. The molecule has 0 amide bonds. The number of phenols is 1. The lowest BCUT2D eigenvalue weighted by molar-refractivity contribution is 0.0621. The summed E-state index contributed by atoms with van der Waals surface area (Å²) in [6.45, 7) is 2.54. The maximum atomic E-state index is 9.87. The Bertz CT molecular complexity index is 388. The Morgan fingerprint density at radius 2 is 1.80 bits per heavy atom. The van der Waals surface area contributed by atoms with Crippen LogP contribution in [-0.4, -0.2) is 16.8 Å². The van der Waals surface area contributed by atoms with Gasteiger partial charge in [0.15, 0.2) is 0 Å². The van der Waals surface area contributed by atoms with Crippen LogP contribution in [0.15, 0.2) is 24.3 Å². The summed E-state index contributed by atoms with van der Waals surface area (Å²) in [5.41, 5.74) is 1.29. The minimum atomic E-state index is 0.0691. The van der Waals surface area contributed by atoms with E-state index in [0.29, 0.717) is 5.75 Å².